The number of benzene rings is 1. The van der Waals surface area contributed by atoms with Crippen LogP contribution in [-0.2, 0) is 0 Å². The lowest BCUT2D eigenvalue weighted by molar-refractivity contribution is 0.0986. The average Bonchev–Trinajstić information content (AvgIpc) is 2.29. The number of carbonyl (C=O) groups excluding carboxylic acids is 1. The number of alkyl halides is 1. The molecule has 0 spiro atoms. The van der Waals surface area contributed by atoms with Crippen molar-refractivity contribution in [2.75, 3.05) is 18.2 Å². The quantitative estimate of drug-likeness (QED) is 0.454. The van der Waals surface area contributed by atoms with Gasteiger partial charge in [0.2, 0.25) is 0 Å². The smallest absolute Gasteiger partial charge is 0.167 e. The van der Waals surface area contributed by atoms with Crippen LogP contribution in [0.5, 0.6) is 5.75 Å². The van der Waals surface area contributed by atoms with Crippen LogP contribution in [0.2, 0.25) is 0 Å². The van der Waals surface area contributed by atoms with E-state index in [9.17, 15) is 4.79 Å². The molecule has 0 amide bonds. The molecule has 1 aromatic carbocycles. The van der Waals surface area contributed by atoms with E-state index in [1.165, 1.54) is 0 Å². The third-order valence-electron chi connectivity index (χ3n) is 2.11. The SMILES string of the molecule is CCOc1cc(SC)ccc1C(=O)CCBr. The highest BCUT2D eigenvalue weighted by atomic mass is 79.9. The minimum absolute atomic E-state index is 0.118. The number of thioether (sulfide) groups is 1. The number of halogens is 1. The summed E-state index contributed by atoms with van der Waals surface area (Å²) in [7, 11) is 0. The summed E-state index contributed by atoms with van der Waals surface area (Å²) < 4.78 is 5.50. The Bertz CT molecular complexity index is 366. The van der Waals surface area contributed by atoms with Crippen molar-refractivity contribution in [1.29, 1.82) is 0 Å². The van der Waals surface area contributed by atoms with Gasteiger partial charge in [0, 0.05) is 16.6 Å². The average molecular weight is 303 g/mol. The van der Waals surface area contributed by atoms with E-state index >= 15 is 0 Å². The van der Waals surface area contributed by atoms with Gasteiger partial charge in [-0.2, -0.15) is 0 Å². The number of ether oxygens (including phenoxy) is 1. The molecule has 0 bridgehead atoms. The van der Waals surface area contributed by atoms with Gasteiger partial charge in [0.1, 0.15) is 5.75 Å². The zero-order valence-corrected chi connectivity index (χ0v) is 11.9. The van der Waals surface area contributed by atoms with Gasteiger partial charge in [0.05, 0.1) is 12.2 Å². The summed E-state index contributed by atoms with van der Waals surface area (Å²) in [6, 6.07) is 5.73. The predicted octanol–water partition coefficient (Wildman–Crippen LogP) is 3.77. The number of rotatable bonds is 6. The normalized spacial score (nSPS) is 10.2. The molecule has 0 heterocycles. The first-order valence-corrected chi connectivity index (χ1v) is 7.47. The first-order chi connectivity index (χ1) is 7.72. The molecule has 0 aromatic heterocycles. The van der Waals surface area contributed by atoms with Crippen LogP contribution in [0.25, 0.3) is 0 Å². The van der Waals surface area contributed by atoms with Gasteiger partial charge < -0.3 is 4.74 Å². The van der Waals surface area contributed by atoms with Gasteiger partial charge in [-0.05, 0) is 31.4 Å². The third-order valence-corrected chi connectivity index (χ3v) is 3.23. The first-order valence-electron chi connectivity index (χ1n) is 5.13. The van der Waals surface area contributed by atoms with E-state index in [0.717, 1.165) is 4.90 Å². The largest absolute Gasteiger partial charge is 0.493 e. The van der Waals surface area contributed by atoms with Crippen LogP contribution < -0.4 is 4.74 Å². The monoisotopic (exact) mass is 302 g/mol. The van der Waals surface area contributed by atoms with Crippen molar-refractivity contribution in [3.8, 4) is 5.75 Å². The van der Waals surface area contributed by atoms with E-state index in [1.54, 1.807) is 11.8 Å². The Balaban J connectivity index is 3.01. The standard InChI is InChI=1S/C12H15BrO2S/c1-3-15-12-8-9(16-2)4-5-10(12)11(14)6-7-13/h4-5,8H,3,6-7H2,1-2H3. The zero-order chi connectivity index (χ0) is 12.0. The molecule has 0 radical (unpaired) electrons. The van der Waals surface area contributed by atoms with Crippen molar-refractivity contribution in [2.24, 2.45) is 0 Å². The van der Waals surface area contributed by atoms with Gasteiger partial charge in [-0.25, -0.2) is 0 Å². The second kappa shape index (κ2) is 6.97. The Morgan fingerprint density at radius 1 is 1.50 bits per heavy atom. The summed E-state index contributed by atoms with van der Waals surface area (Å²) in [5.41, 5.74) is 0.680. The van der Waals surface area contributed by atoms with Crippen molar-refractivity contribution >= 4 is 33.5 Å². The van der Waals surface area contributed by atoms with Gasteiger partial charge >= 0.3 is 0 Å². The summed E-state index contributed by atoms with van der Waals surface area (Å²) in [5.74, 6) is 0.813. The van der Waals surface area contributed by atoms with E-state index in [-0.39, 0.29) is 5.78 Å². The van der Waals surface area contributed by atoms with Gasteiger partial charge in [-0.15, -0.1) is 11.8 Å². The third kappa shape index (κ3) is 3.52. The molecule has 0 N–H and O–H groups in total. The molecule has 0 saturated heterocycles. The number of carbonyl (C=O) groups is 1. The Morgan fingerprint density at radius 2 is 2.25 bits per heavy atom. The van der Waals surface area contributed by atoms with Crippen LogP contribution in [0.1, 0.15) is 23.7 Å². The van der Waals surface area contributed by atoms with E-state index in [1.807, 2.05) is 31.4 Å². The molecule has 1 rings (SSSR count). The molecule has 0 aliphatic carbocycles. The van der Waals surface area contributed by atoms with Crippen molar-refractivity contribution in [2.45, 2.75) is 18.2 Å². The minimum Gasteiger partial charge on any atom is -0.493 e. The van der Waals surface area contributed by atoms with E-state index in [4.69, 9.17) is 4.74 Å². The number of Topliss-reactive ketones (excluding diaryl/α,β-unsaturated/α-hetero) is 1. The van der Waals surface area contributed by atoms with Gasteiger partial charge in [-0.1, -0.05) is 15.9 Å². The summed E-state index contributed by atoms with van der Waals surface area (Å²) in [5, 5.41) is 0.682. The number of hydrogen-bond donors (Lipinski definition) is 0. The van der Waals surface area contributed by atoms with Gasteiger partial charge in [-0.3, -0.25) is 4.79 Å². The molecule has 1 aromatic rings. The van der Waals surface area contributed by atoms with Crippen LogP contribution in [0.3, 0.4) is 0 Å². The molecule has 0 aliphatic rings. The van der Waals surface area contributed by atoms with Crippen LogP contribution in [0.4, 0.5) is 0 Å². The summed E-state index contributed by atoms with van der Waals surface area (Å²) >= 11 is 4.92. The van der Waals surface area contributed by atoms with Crippen LogP contribution in [-0.4, -0.2) is 24.0 Å². The molecule has 0 atom stereocenters. The predicted molar refractivity (Wildman–Crippen MR) is 72.1 cm³/mol. The highest BCUT2D eigenvalue weighted by Gasteiger charge is 2.12. The second-order valence-electron chi connectivity index (χ2n) is 3.16. The van der Waals surface area contributed by atoms with Crippen LogP contribution in [0.15, 0.2) is 23.1 Å². The van der Waals surface area contributed by atoms with Crippen molar-refractivity contribution in [3.05, 3.63) is 23.8 Å². The maximum atomic E-state index is 11.8. The number of ketones is 1. The Morgan fingerprint density at radius 3 is 2.81 bits per heavy atom. The van der Waals surface area contributed by atoms with E-state index < -0.39 is 0 Å². The molecular formula is C12H15BrO2S. The van der Waals surface area contributed by atoms with Gasteiger partial charge in [0.15, 0.2) is 5.78 Å². The lowest BCUT2D eigenvalue weighted by Gasteiger charge is -2.10. The zero-order valence-electron chi connectivity index (χ0n) is 9.46. The summed E-state index contributed by atoms with van der Waals surface area (Å²) in [6.07, 6.45) is 2.50. The van der Waals surface area contributed by atoms with Crippen molar-refractivity contribution in [1.82, 2.24) is 0 Å². The Labute approximate surface area is 109 Å². The Hall–Kier alpha value is -0.480. The second-order valence-corrected chi connectivity index (χ2v) is 4.83. The van der Waals surface area contributed by atoms with Crippen LogP contribution in [0, 0.1) is 0 Å². The molecule has 0 unspecified atom stereocenters. The fourth-order valence-electron chi connectivity index (χ4n) is 1.36. The molecule has 2 nitrogen and oxygen atoms in total. The molecule has 0 aliphatic heterocycles. The maximum Gasteiger partial charge on any atom is 0.167 e. The van der Waals surface area contributed by atoms with E-state index in [0.29, 0.717) is 29.7 Å². The van der Waals surface area contributed by atoms with E-state index in [2.05, 4.69) is 15.9 Å². The van der Waals surface area contributed by atoms with Crippen LogP contribution >= 0.6 is 27.7 Å². The van der Waals surface area contributed by atoms with Crippen molar-refractivity contribution in [3.63, 3.8) is 0 Å². The molecule has 16 heavy (non-hydrogen) atoms. The first kappa shape index (κ1) is 13.6. The minimum atomic E-state index is 0.118. The van der Waals surface area contributed by atoms with Gasteiger partial charge in [0.25, 0.3) is 0 Å². The summed E-state index contributed by atoms with van der Waals surface area (Å²) in [6.45, 7) is 2.50. The molecule has 88 valence electrons. The molecule has 0 saturated carbocycles. The molecular weight excluding hydrogens is 288 g/mol. The number of hydrogen-bond acceptors (Lipinski definition) is 3. The fraction of sp³-hybridized carbons (Fsp3) is 0.417. The Kier molecular flexibility index (Phi) is 5.91. The maximum absolute atomic E-state index is 11.8. The lowest BCUT2D eigenvalue weighted by atomic mass is 10.1. The fourth-order valence-corrected chi connectivity index (χ4v) is 2.14. The highest BCUT2D eigenvalue weighted by Crippen LogP contribution is 2.26. The van der Waals surface area contributed by atoms with Crippen molar-refractivity contribution < 1.29 is 9.53 Å². The molecule has 4 heteroatoms. The summed E-state index contributed by atoms with van der Waals surface area (Å²) in [4.78, 5) is 12.9. The highest BCUT2D eigenvalue weighted by molar-refractivity contribution is 9.09. The molecule has 0 fully saturated rings. The topological polar surface area (TPSA) is 26.3 Å². The lowest BCUT2D eigenvalue weighted by Crippen LogP contribution is -2.04.